The van der Waals surface area contributed by atoms with Crippen LogP contribution in [0, 0.1) is 5.41 Å². The minimum absolute atomic E-state index is 0.684. The minimum Gasteiger partial charge on any atom is -0.405 e. The zero-order chi connectivity index (χ0) is 14.9. The van der Waals surface area contributed by atoms with Crippen molar-refractivity contribution in [2.45, 2.75) is 0 Å². The van der Waals surface area contributed by atoms with Crippen LogP contribution >= 0.6 is 0 Å². The van der Waals surface area contributed by atoms with E-state index < -0.39 is 0 Å². The van der Waals surface area contributed by atoms with Gasteiger partial charge in [0.1, 0.15) is 0 Å². The van der Waals surface area contributed by atoms with E-state index in [1.54, 1.807) is 24.7 Å². The Morgan fingerprint density at radius 1 is 1.14 bits per heavy atom. The number of allylic oxidation sites excluding steroid dienone is 2. The molecule has 0 spiro atoms. The van der Waals surface area contributed by atoms with Crippen molar-refractivity contribution in [1.82, 2.24) is 4.98 Å². The van der Waals surface area contributed by atoms with Gasteiger partial charge in [-0.05, 0) is 18.3 Å². The highest BCUT2D eigenvalue weighted by molar-refractivity contribution is 6.08. The number of nitrogens with two attached hydrogens (primary N) is 1. The highest BCUT2D eigenvalue weighted by Crippen LogP contribution is 2.18. The number of nitrogens with one attached hydrogen (secondary N) is 1. The van der Waals surface area contributed by atoms with E-state index in [-0.39, 0.29) is 0 Å². The molecule has 4 heteroatoms. The Kier molecular flexibility index (Phi) is 5.18. The third kappa shape index (κ3) is 3.98. The van der Waals surface area contributed by atoms with E-state index in [9.17, 15) is 0 Å². The Balaban J connectivity index is 2.23. The predicted molar refractivity (Wildman–Crippen MR) is 88.3 cm³/mol. The first kappa shape index (κ1) is 14.4. The van der Waals surface area contributed by atoms with Crippen LogP contribution in [0.1, 0.15) is 5.56 Å². The molecule has 0 fully saturated rings. The Hall–Kier alpha value is -3.01. The van der Waals surface area contributed by atoms with E-state index in [2.05, 4.69) is 9.98 Å². The summed E-state index contributed by atoms with van der Waals surface area (Å²) < 4.78 is 0. The van der Waals surface area contributed by atoms with Crippen LogP contribution in [-0.2, 0) is 0 Å². The van der Waals surface area contributed by atoms with Gasteiger partial charge in [0, 0.05) is 41.5 Å². The average molecular weight is 276 g/mol. The highest BCUT2D eigenvalue weighted by Gasteiger charge is 2.01. The number of nitrogens with zero attached hydrogens (tertiary/aromatic N) is 2. The summed E-state index contributed by atoms with van der Waals surface area (Å²) in [6.45, 7) is 0. The number of rotatable bonds is 5. The fourth-order valence-corrected chi connectivity index (χ4v) is 1.76. The van der Waals surface area contributed by atoms with E-state index in [4.69, 9.17) is 11.1 Å². The van der Waals surface area contributed by atoms with Crippen LogP contribution in [0.3, 0.4) is 0 Å². The van der Waals surface area contributed by atoms with Gasteiger partial charge in [0.25, 0.3) is 0 Å². The van der Waals surface area contributed by atoms with Gasteiger partial charge in [0.05, 0.1) is 5.69 Å². The summed E-state index contributed by atoms with van der Waals surface area (Å²) in [5.74, 6) is 0. The largest absolute Gasteiger partial charge is 0.405 e. The first-order valence-electron chi connectivity index (χ1n) is 6.47. The molecule has 2 aromatic rings. The molecule has 0 aliphatic heterocycles. The van der Waals surface area contributed by atoms with Gasteiger partial charge in [-0.15, -0.1) is 0 Å². The van der Waals surface area contributed by atoms with Crippen molar-refractivity contribution in [3.05, 3.63) is 72.7 Å². The average Bonchev–Trinajstić information content (AvgIpc) is 2.56. The maximum Gasteiger partial charge on any atom is 0.0702 e. The second-order valence-electron chi connectivity index (χ2n) is 4.21. The van der Waals surface area contributed by atoms with Crippen LogP contribution in [0.25, 0.3) is 16.8 Å². The standard InChI is InChI=1S/C17H16N4/c18-9-4-10-20-12-16(11-19)15-7-8-17(21-13-15)14-5-2-1-3-6-14/h1-13,19H,18H2/b9-4-,16-12-,19-11?,20-10-. The molecule has 0 unspecified atom stereocenters. The lowest BCUT2D eigenvalue weighted by Gasteiger charge is -2.03. The van der Waals surface area contributed by atoms with E-state index in [1.165, 1.54) is 12.4 Å². The first-order valence-corrected chi connectivity index (χ1v) is 6.47. The molecule has 2 rings (SSSR count). The number of aromatic nitrogens is 1. The Labute approximate surface area is 123 Å². The van der Waals surface area contributed by atoms with Crippen molar-refractivity contribution in [3.8, 4) is 11.3 Å². The summed E-state index contributed by atoms with van der Waals surface area (Å²) >= 11 is 0. The number of aliphatic imine (C=N–C) groups is 1. The van der Waals surface area contributed by atoms with Crippen molar-refractivity contribution < 1.29 is 0 Å². The Morgan fingerprint density at radius 3 is 2.57 bits per heavy atom. The Morgan fingerprint density at radius 2 is 1.95 bits per heavy atom. The van der Waals surface area contributed by atoms with Gasteiger partial charge < -0.3 is 11.1 Å². The fraction of sp³-hybridized carbons (Fsp3) is 0. The molecule has 3 N–H and O–H groups in total. The van der Waals surface area contributed by atoms with Gasteiger partial charge in [-0.25, -0.2) is 0 Å². The molecule has 0 aliphatic rings. The molecule has 21 heavy (non-hydrogen) atoms. The van der Waals surface area contributed by atoms with Crippen molar-refractivity contribution in [2.24, 2.45) is 10.7 Å². The van der Waals surface area contributed by atoms with E-state index in [0.29, 0.717) is 5.57 Å². The molecule has 1 heterocycles. The second-order valence-corrected chi connectivity index (χ2v) is 4.21. The normalized spacial score (nSPS) is 12.1. The van der Waals surface area contributed by atoms with Crippen LogP contribution in [0.15, 0.2) is 72.1 Å². The Bertz CT molecular complexity index is 668. The molecule has 0 radical (unpaired) electrons. The van der Waals surface area contributed by atoms with Crippen LogP contribution in [0.5, 0.6) is 0 Å². The highest BCUT2D eigenvalue weighted by atomic mass is 14.7. The van der Waals surface area contributed by atoms with Crippen LogP contribution in [0.4, 0.5) is 0 Å². The molecule has 0 bridgehead atoms. The molecule has 0 aliphatic carbocycles. The third-order valence-electron chi connectivity index (χ3n) is 2.82. The molecule has 0 saturated carbocycles. The maximum absolute atomic E-state index is 7.46. The first-order chi connectivity index (χ1) is 10.3. The molecule has 1 aromatic heterocycles. The quantitative estimate of drug-likeness (QED) is 0.822. The summed E-state index contributed by atoms with van der Waals surface area (Å²) in [6.07, 6.45) is 9.18. The van der Waals surface area contributed by atoms with Crippen molar-refractivity contribution >= 4 is 18.0 Å². The summed E-state index contributed by atoms with van der Waals surface area (Å²) in [5.41, 5.74) is 8.71. The van der Waals surface area contributed by atoms with Gasteiger partial charge in [-0.2, -0.15) is 0 Å². The molecule has 104 valence electrons. The van der Waals surface area contributed by atoms with Gasteiger partial charge in [-0.3, -0.25) is 9.98 Å². The number of hydrogen-bond donors (Lipinski definition) is 2. The van der Waals surface area contributed by atoms with Gasteiger partial charge in [0.15, 0.2) is 0 Å². The van der Waals surface area contributed by atoms with Crippen molar-refractivity contribution in [3.63, 3.8) is 0 Å². The summed E-state index contributed by atoms with van der Waals surface area (Å²) in [4.78, 5) is 8.49. The maximum atomic E-state index is 7.46. The lowest BCUT2D eigenvalue weighted by Crippen LogP contribution is -1.89. The smallest absolute Gasteiger partial charge is 0.0702 e. The monoisotopic (exact) mass is 276 g/mol. The van der Waals surface area contributed by atoms with Crippen LogP contribution < -0.4 is 5.73 Å². The fourth-order valence-electron chi connectivity index (χ4n) is 1.76. The SMILES string of the molecule is N=C/C(=C/N=C\C=C/N)c1ccc(-c2ccccc2)nc1. The van der Waals surface area contributed by atoms with E-state index in [0.717, 1.165) is 16.8 Å². The molecule has 0 atom stereocenters. The third-order valence-corrected chi connectivity index (χ3v) is 2.82. The topological polar surface area (TPSA) is 75.1 Å². The molecular weight excluding hydrogens is 260 g/mol. The molecule has 0 saturated heterocycles. The van der Waals surface area contributed by atoms with Gasteiger partial charge in [0.2, 0.25) is 0 Å². The lowest BCUT2D eigenvalue weighted by atomic mass is 10.1. The molecular formula is C17H16N4. The van der Waals surface area contributed by atoms with Crippen molar-refractivity contribution in [2.75, 3.05) is 0 Å². The second kappa shape index (κ2) is 7.55. The number of benzene rings is 1. The van der Waals surface area contributed by atoms with E-state index >= 15 is 0 Å². The zero-order valence-electron chi connectivity index (χ0n) is 11.5. The molecule has 4 nitrogen and oxygen atoms in total. The summed E-state index contributed by atoms with van der Waals surface area (Å²) in [5, 5.41) is 7.46. The van der Waals surface area contributed by atoms with Crippen LogP contribution in [-0.4, -0.2) is 17.4 Å². The van der Waals surface area contributed by atoms with E-state index in [1.807, 2.05) is 42.5 Å². The van der Waals surface area contributed by atoms with Crippen LogP contribution in [0.2, 0.25) is 0 Å². The van der Waals surface area contributed by atoms with Crippen molar-refractivity contribution in [1.29, 1.82) is 5.41 Å². The van der Waals surface area contributed by atoms with Gasteiger partial charge in [-0.1, -0.05) is 36.4 Å². The number of hydrogen-bond acceptors (Lipinski definition) is 4. The zero-order valence-corrected chi connectivity index (χ0v) is 11.5. The summed E-state index contributed by atoms with van der Waals surface area (Å²) in [6, 6.07) is 13.8. The summed E-state index contributed by atoms with van der Waals surface area (Å²) in [7, 11) is 0. The minimum atomic E-state index is 0.684. The molecule has 0 amide bonds. The lowest BCUT2D eigenvalue weighted by molar-refractivity contribution is 1.31. The molecule has 1 aromatic carbocycles. The number of pyridine rings is 1. The predicted octanol–water partition coefficient (Wildman–Crippen LogP) is 3.28. The van der Waals surface area contributed by atoms with Gasteiger partial charge >= 0.3 is 0 Å².